The maximum atomic E-state index is 12.3. The molecule has 4 aromatic rings. The summed E-state index contributed by atoms with van der Waals surface area (Å²) in [6, 6.07) is 7.51. The molecular weight excluding hydrogens is 352 g/mol. The van der Waals surface area contributed by atoms with Crippen molar-refractivity contribution in [3.63, 3.8) is 0 Å². The van der Waals surface area contributed by atoms with E-state index in [4.69, 9.17) is 9.84 Å². The first-order valence-electron chi connectivity index (χ1n) is 7.92. The highest BCUT2D eigenvalue weighted by molar-refractivity contribution is 5.86. The number of carbonyl (C=O) groups is 1. The van der Waals surface area contributed by atoms with E-state index in [2.05, 4.69) is 20.1 Å². The Labute approximate surface area is 151 Å². The topological polar surface area (TPSA) is 128 Å². The zero-order chi connectivity index (χ0) is 19.0. The Balaban J connectivity index is 1.80. The van der Waals surface area contributed by atoms with Gasteiger partial charge < -0.3 is 14.4 Å². The number of nitrogens with one attached hydrogen (secondary N) is 1. The molecule has 0 saturated carbocycles. The Morgan fingerprint density at radius 1 is 1.33 bits per heavy atom. The number of methoxy groups -OCH3 is 1. The van der Waals surface area contributed by atoms with Crippen molar-refractivity contribution in [3.05, 3.63) is 64.5 Å². The molecule has 0 spiro atoms. The maximum absolute atomic E-state index is 12.3. The summed E-state index contributed by atoms with van der Waals surface area (Å²) in [6.45, 7) is 0.399. The van der Waals surface area contributed by atoms with E-state index in [1.54, 1.807) is 11.7 Å². The number of aromatic nitrogens is 6. The van der Waals surface area contributed by atoms with Crippen molar-refractivity contribution in [2.24, 2.45) is 0 Å². The number of carboxylic acids is 1. The van der Waals surface area contributed by atoms with E-state index < -0.39 is 11.5 Å². The van der Waals surface area contributed by atoms with Gasteiger partial charge in [0, 0.05) is 11.8 Å². The number of benzene rings is 1. The Kier molecular flexibility index (Phi) is 3.92. The molecule has 10 heteroatoms. The molecule has 136 valence electrons. The average molecular weight is 366 g/mol. The summed E-state index contributed by atoms with van der Waals surface area (Å²) < 4.78 is 8.27. The van der Waals surface area contributed by atoms with Crippen molar-refractivity contribution in [2.75, 3.05) is 7.11 Å². The number of H-pyrrole nitrogens is 1. The molecule has 3 aromatic heterocycles. The number of ether oxygens (including phenoxy) is 1. The van der Waals surface area contributed by atoms with Crippen LogP contribution in [0.5, 0.6) is 5.75 Å². The molecule has 1 aromatic carbocycles. The lowest BCUT2D eigenvalue weighted by atomic mass is 10.2. The highest BCUT2D eigenvalue weighted by Gasteiger charge is 2.14. The van der Waals surface area contributed by atoms with Crippen molar-refractivity contribution < 1.29 is 14.6 Å². The summed E-state index contributed by atoms with van der Waals surface area (Å²) in [5, 5.41) is 13.0. The van der Waals surface area contributed by atoms with Crippen LogP contribution < -0.4 is 10.3 Å². The molecular formula is C17H14N6O4. The van der Waals surface area contributed by atoms with Crippen LogP contribution in [0.3, 0.4) is 0 Å². The zero-order valence-electron chi connectivity index (χ0n) is 14.2. The summed E-state index contributed by atoms with van der Waals surface area (Å²) in [4.78, 5) is 34.5. The van der Waals surface area contributed by atoms with Crippen LogP contribution in [0.1, 0.15) is 15.9 Å². The summed E-state index contributed by atoms with van der Waals surface area (Å²) >= 11 is 0. The van der Waals surface area contributed by atoms with E-state index in [9.17, 15) is 9.59 Å². The third-order valence-corrected chi connectivity index (χ3v) is 4.04. The summed E-state index contributed by atoms with van der Waals surface area (Å²) in [5.41, 5.74) is 0.975. The van der Waals surface area contributed by atoms with Crippen LogP contribution in [0.2, 0.25) is 0 Å². The molecule has 0 unspecified atom stereocenters. The number of para-hydroxylation sites is 1. The summed E-state index contributed by atoms with van der Waals surface area (Å²) in [5.74, 6) is -0.310. The first-order chi connectivity index (χ1) is 13.1. The first-order valence-corrected chi connectivity index (χ1v) is 7.92. The molecule has 0 bridgehead atoms. The second-order valence-electron chi connectivity index (χ2n) is 5.72. The molecule has 0 aliphatic rings. The van der Waals surface area contributed by atoms with Gasteiger partial charge in [0.25, 0.3) is 5.56 Å². The number of nitrogens with zero attached hydrogens (tertiary/aromatic N) is 5. The van der Waals surface area contributed by atoms with Gasteiger partial charge in [-0.05, 0) is 6.07 Å². The Hall–Kier alpha value is -3.95. The molecule has 0 atom stereocenters. The largest absolute Gasteiger partial charge is 0.496 e. The van der Waals surface area contributed by atoms with E-state index >= 15 is 0 Å². The van der Waals surface area contributed by atoms with Crippen LogP contribution in [0.25, 0.3) is 17.1 Å². The fourth-order valence-corrected chi connectivity index (χ4v) is 2.73. The average Bonchev–Trinajstić information content (AvgIpc) is 3.30. The molecule has 4 rings (SSSR count). The lowest BCUT2D eigenvalue weighted by Gasteiger charge is -2.09. The Bertz CT molecular complexity index is 1210. The molecule has 0 aliphatic carbocycles. The molecule has 2 N–H and O–H groups in total. The fourth-order valence-electron chi connectivity index (χ4n) is 2.73. The van der Waals surface area contributed by atoms with E-state index in [0.717, 1.165) is 5.56 Å². The van der Waals surface area contributed by atoms with E-state index in [1.807, 2.05) is 24.3 Å². The SMILES string of the molecule is COc1ccccc1Cn1cnc2c(=O)[nH]c(-n3cc(C(=O)O)cn3)nc21. The monoisotopic (exact) mass is 366 g/mol. The zero-order valence-corrected chi connectivity index (χ0v) is 14.2. The minimum Gasteiger partial charge on any atom is -0.496 e. The molecule has 0 amide bonds. The van der Waals surface area contributed by atoms with E-state index in [0.29, 0.717) is 17.9 Å². The minimum absolute atomic E-state index is 0.0136. The Morgan fingerprint density at radius 3 is 2.89 bits per heavy atom. The second-order valence-corrected chi connectivity index (χ2v) is 5.72. The number of aromatic carboxylic acids is 1. The number of imidazole rings is 1. The van der Waals surface area contributed by atoms with Crippen LogP contribution in [-0.2, 0) is 6.54 Å². The molecule has 0 fully saturated rings. The van der Waals surface area contributed by atoms with Gasteiger partial charge in [-0.1, -0.05) is 18.2 Å². The number of hydrogen-bond donors (Lipinski definition) is 2. The number of hydrogen-bond acceptors (Lipinski definition) is 6. The van der Waals surface area contributed by atoms with Crippen LogP contribution in [-0.4, -0.2) is 47.5 Å². The van der Waals surface area contributed by atoms with Gasteiger partial charge in [0.05, 0.1) is 31.7 Å². The van der Waals surface area contributed by atoms with Crippen molar-refractivity contribution in [1.29, 1.82) is 0 Å². The lowest BCUT2D eigenvalue weighted by Crippen LogP contribution is -2.15. The third-order valence-electron chi connectivity index (χ3n) is 4.04. The van der Waals surface area contributed by atoms with Crippen LogP contribution in [0.4, 0.5) is 0 Å². The number of carboxylic acid groups (broad SMARTS) is 1. The smallest absolute Gasteiger partial charge is 0.338 e. The van der Waals surface area contributed by atoms with Gasteiger partial charge in [0.15, 0.2) is 11.2 Å². The molecule has 27 heavy (non-hydrogen) atoms. The molecule has 0 radical (unpaired) electrons. The number of rotatable bonds is 5. The third kappa shape index (κ3) is 2.92. The predicted molar refractivity (Wildman–Crippen MR) is 94.3 cm³/mol. The second kappa shape index (κ2) is 6.41. The summed E-state index contributed by atoms with van der Waals surface area (Å²) in [7, 11) is 1.59. The van der Waals surface area contributed by atoms with Crippen LogP contribution in [0, 0.1) is 0 Å². The van der Waals surface area contributed by atoms with E-state index in [-0.39, 0.29) is 17.0 Å². The fraction of sp³-hybridized carbons (Fsp3) is 0.118. The molecule has 0 saturated heterocycles. The van der Waals surface area contributed by atoms with Crippen molar-refractivity contribution >= 4 is 17.1 Å². The molecule has 3 heterocycles. The van der Waals surface area contributed by atoms with Gasteiger partial charge >= 0.3 is 5.97 Å². The first kappa shape index (κ1) is 16.5. The number of aromatic amines is 1. The number of fused-ring (bicyclic) bond motifs is 1. The predicted octanol–water partition coefficient (Wildman–Crippen LogP) is 1.06. The van der Waals surface area contributed by atoms with Gasteiger partial charge in [0.1, 0.15) is 5.75 Å². The van der Waals surface area contributed by atoms with E-state index in [1.165, 1.54) is 23.4 Å². The van der Waals surface area contributed by atoms with Gasteiger partial charge in [-0.15, -0.1) is 0 Å². The highest BCUT2D eigenvalue weighted by atomic mass is 16.5. The minimum atomic E-state index is -1.12. The summed E-state index contributed by atoms with van der Waals surface area (Å²) in [6.07, 6.45) is 3.97. The van der Waals surface area contributed by atoms with Crippen LogP contribution >= 0.6 is 0 Å². The Morgan fingerprint density at radius 2 is 2.15 bits per heavy atom. The normalized spacial score (nSPS) is 11.0. The van der Waals surface area contributed by atoms with Gasteiger partial charge in [-0.3, -0.25) is 9.78 Å². The maximum Gasteiger partial charge on any atom is 0.338 e. The molecule has 0 aliphatic heterocycles. The van der Waals surface area contributed by atoms with Crippen molar-refractivity contribution in [1.82, 2.24) is 29.3 Å². The van der Waals surface area contributed by atoms with Gasteiger partial charge in [-0.25, -0.2) is 14.5 Å². The quantitative estimate of drug-likeness (QED) is 0.540. The van der Waals surface area contributed by atoms with Gasteiger partial charge in [-0.2, -0.15) is 10.1 Å². The van der Waals surface area contributed by atoms with Crippen LogP contribution in [0.15, 0.2) is 47.8 Å². The lowest BCUT2D eigenvalue weighted by molar-refractivity contribution is 0.0697. The standard InChI is InChI=1S/C17H14N6O4/c1-27-12-5-3-2-4-10(12)7-22-9-18-13-14(22)20-17(21-15(13)24)23-8-11(6-19-23)16(25)26/h2-6,8-9H,7H2,1H3,(H,25,26)(H,20,21,24). The molecule has 10 nitrogen and oxygen atoms in total. The van der Waals surface area contributed by atoms with Crippen molar-refractivity contribution in [2.45, 2.75) is 6.54 Å². The van der Waals surface area contributed by atoms with Gasteiger partial charge in [0.2, 0.25) is 5.95 Å². The highest BCUT2D eigenvalue weighted by Crippen LogP contribution is 2.20. The van der Waals surface area contributed by atoms with Crippen molar-refractivity contribution in [3.8, 4) is 11.7 Å².